The van der Waals surface area contributed by atoms with Crippen LogP contribution in [0, 0.1) is 0 Å². The van der Waals surface area contributed by atoms with Gasteiger partial charge in [-0.3, -0.25) is 0 Å². The largest absolute Gasteiger partial charge is 0.462 e. The predicted molar refractivity (Wildman–Crippen MR) is 77.6 cm³/mol. The van der Waals surface area contributed by atoms with Crippen LogP contribution in [0.3, 0.4) is 0 Å². The number of carbonyl (C=O) groups excluding carboxylic acids is 1. The minimum atomic E-state index is -0.384. The highest BCUT2D eigenvalue weighted by Crippen LogP contribution is 2.30. The molecule has 0 bridgehead atoms. The van der Waals surface area contributed by atoms with E-state index in [1.54, 1.807) is 6.92 Å². The van der Waals surface area contributed by atoms with Gasteiger partial charge in [0, 0.05) is 6.04 Å². The molecular weight excluding hydrogens is 262 g/mol. The molecule has 0 amide bonds. The summed E-state index contributed by atoms with van der Waals surface area (Å²) in [5.74, 6) is -0.121. The maximum atomic E-state index is 11.9. The number of rotatable bonds is 4. The molecule has 1 saturated carbocycles. The van der Waals surface area contributed by atoms with E-state index in [1.807, 2.05) is 0 Å². The van der Waals surface area contributed by atoms with Gasteiger partial charge in [0.05, 0.1) is 6.61 Å². The highest BCUT2D eigenvalue weighted by atomic mass is 32.1. The van der Waals surface area contributed by atoms with E-state index in [2.05, 4.69) is 9.69 Å². The van der Waals surface area contributed by atoms with Gasteiger partial charge in [0.1, 0.15) is 10.6 Å². The monoisotopic (exact) mass is 283 g/mol. The molecule has 0 saturated heterocycles. The van der Waals surface area contributed by atoms with Crippen molar-refractivity contribution in [2.24, 2.45) is 0 Å². The number of nitrogens with zero attached hydrogens (tertiary/aromatic N) is 1. The molecule has 6 heteroatoms. The molecule has 3 N–H and O–H groups in total. The van der Waals surface area contributed by atoms with E-state index in [-0.39, 0.29) is 11.8 Å². The second-order valence-electron chi connectivity index (χ2n) is 4.83. The number of esters is 1. The minimum Gasteiger partial charge on any atom is -0.462 e. The number of hydrogen-bond donors (Lipinski definition) is 2. The van der Waals surface area contributed by atoms with Crippen LogP contribution >= 0.6 is 11.5 Å². The topological polar surface area (TPSA) is 77.2 Å². The number of nitrogens with two attached hydrogens (primary N) is 1. The van der Waals surface area contributed by atoms with Crippen molar-refractivity contribution in [3.63, 3.8) is 0 Å². The van der Waals surface area contributed by atoms with Gasteiger partial charge in [-0.25, -0.2) is 4.79 Å². The Labute approximate surface area is 117 Å². The summed E-state index contributed by atoms with van der Waals surface area (Å²) < 4.78 is 9.09. The zero-order valence-corrected chi connectivity index (χ0v) is 12.1. The van der Waals surface area contributed by atoms with E-state index in [0.717, 1.165) is 17.8 Å². The average molecular weight is 283 g/mol. The van der Waals surface area contributed by atoms with Crippen LogP contribution in [0.25, 0.3) is 0 Å². The van der Waals surface area contributed by atoms with Gasteiger partial charge in [0.2, 0.25) is 0 Å². The van der Waals surface area contributed by atoms with Crippen LogP contribution in [0.2, 0.25) is 0 Å². The Morgan fingerprint density at radius 1 is 1.42 bits per heavy atom. The maximum absolute atomic E-state index is 11.9. The first-order valence-corrected chi connectivity index (χ1v) is 7.68. The van der Waals surface area contributed by atoms with Gasteiger partial charge in [-0.15, -0.1) is 0 Å². The Morgan fingerprint density at radius 3 is 2.74 bits per heavy atom. The summed E-state index contributed by atoms with van der Waals surface area (Å²) in [6.45, 7) is 2.13. The lowest BCUT2D eigenvalue weighted by molar-refractivity contribution is 0.0529. The van der Waals surface area contributed by atoms with Crippen LogP contribution in [-0.2, 0) is 4.74 Å². The molecule has 0 aliphatic heterocycles. The zero-order chi connectivity index (χ0) is 13.7. The molecule has 2 rings (SSSR count). The summed E-state index contributed by atoms with van der Waals surface area (Å²) >= 11 is 1.24. The first-order valence-electron chi connectivity index (χ1n) is 6.91. The molecule has 1 aromatic rings. The number of nitrogen functional groups attached to an aromatic ring is 1. The summed E-state index contributed by atoms with van der Waals surface area (Å²) in [4.78, 5) is 11.9. The Morgan fingerprint density at radius 2 is 2.11 bits per heavy atom. The summed E-state index contributed by atoms with van der Waals surface area (Å²) in [7, 11) is 0. The van der Waals surface area contributed by atoms with Crippen LogP contribution < -0.4 is 11.1 Å². The molecule has 1 aliphatic carbocycles. The molecule has 0 spiro atoms. The molecule has 1 aromatic heterocycles. The van der Waals surface area contributed by atoms with Crippen molar-refractivity contribution < 1.29 is 9.53 Å². The Kier molecular flexibility index (Phi) is 5.01. The van der Waals surface area contributed by atoms with Crippen molar-refractivity contribution in [2.45, 2.75) is 51.5 Å². The van der Waals surface area contributed by atoms with E-state index in [0.29, 0.717) is 18.2 Å². The summed E-state index contributed by atoms with van der Waals surface area (Å²) in [5.41, 5.74) is 6.17. The van der Waals surface area contributed by atoms with Crippen molar-refractivity contribution in [2.75, 3.05) is 17.7 Å². The lowest BCUT2D eigenvalue weighted by Crippen LogP contribution is -2.19. The van der Waals surface area contributed by atoms with Crippen molar-refractivity contribution in [3.05, 3.63) is 5.56 Å². The van der Waals surface area contributed by atoms with Crippen molar-refractivity contribution in [1.82, 2.24) is 4.37 Å². The highest BCUT2D eigenvalue weighted by molar-refractivity contribution is 7.11. The molecule has 1 aliphatic rings. The molecule has 5 nitrogen and oxygen atoms in total. The molecule has 19 heavy (non-hydrogen) atoms. The van der Waals surface area contributed by atoms with Crippen LogP contribution in [0.15, 0.2) is 0 Å². The minimum absolute atomic E-state index is 0.263. The van der Waals surface area contributed by atoms with Gasteiger partial charge in [-0.05, 0) is 31.3 Å². The average Bonchev–Trinajstić information content (AvgIpc) is 2.60. The molecular formula is C13H21N3O2S. The quantitative estimate of drug-likeness (QED) is 0.656. The van der Waals surface area contributed by atoms with Gasteiger partial charge < -0.3 is 15.8 Å². The lowest BCUT2D eigenvalue weighted by atomic mass is 10.1. The molecule has 0 aromatic carbocycles. The van der Waals surface area contributed by atoms with Gasteiger partial charge in [-0.2, -0.15) is 4.37 Å². The van der Waals surface area contributed by atoms with Crippen LogP contribution in [0.5, 0.6) is 0 Å². The maximum Gasteiger partial charge on any atom is 0.344 e. The number of hydrogen-bond acceptors (Lipinski definition) is 6. The number of anilines is 2. The normalized spacial score (nSPS) is 16.9. The SMILES string of the molecule is CCOC(=O)c1c(N)nsc1NC1CCCCCC1. The number of aromatic nitrogens is 1. The van der Waals surface area contributed by atoms with Crippen molar-refractivity contribution in [3.8, 4) is 0 Å². The van der Waals surface area contributed by atoms with E-state index < -0.39 is 0 Å². The second-order valence-corrected chi connectivity index (χ2v) is 5.60. The zero-order valence-electron chi connectivity index (χ0n) is 11.3. The summed E-state index contributed by atoms with van der Waals surface area (Å²) in [6.07, 6.45) is 7.35. The Hall–Kier alpha value is -1.30. The van der Waals surface area contributed by atoms with Crippen LogP contribution in [-0.4, -0.2) is 23.0 Å². The fraction of sp³-hybridized carbons (Fsp3) is 0.692. The smallest absolute Gasteiger partial charge is 0.344 e. The van der Waals surface area contributed by atoms with E-state index in [9.17, 15) is 4.79 Å². The fourth-order valence-electron chi connectivity index (χ4n) is 2.41. The third-order valence-electron chi connectivity index (χ3n) is 3.39. The van der Waals surface area contributed by atoms with E-state index in [1.165, 1.54) is 37.2 Å². The van der Waals surface area contributed by atoms with Crippen molar-refractivity contribution in [1.29, 1.82) is 0 Å². The Bertz CT molecular complexity index is 426. The number of ether oxygens (including phenoxy) is 1. The number of carbonyl (C=O) groups is 1. The van der Waals surface area contributed by atoms with Gasteiger partial charge >= 0.3 is 5.97 Å². The van der Waals surface area contributed by atoms with E-state index >= 15 is 0 Å². The molecule has 1 fully saturated rings. The number of nitrogens with one attached hydrogen (secondary N) is 1. The lowest BCUT2D eigenvalue weighted by Gasteiger charge is -2.16. The fourth-order valence-corrected chi connectivity index (χ4v) is 3.19. The Balaban J connectivity index is 2.09. The molecule has 106 valence electrons. The van der Waals surface area contributed by atoms with Crippen molar-refractivity contribution >= 4 is 28.3 Å². The standard InChI is InChI=1S/C13H21N3O2S/c1-2-18-13(17)10-11(14)16-19-12(10)15-9-7-5-3-4-6-8-9/h9,15H,2-8H2,1H3,(H2,14,16). The van der Waals surface area contributed by atoms with E-state index in [4.69, 9.17) is 10.5 Å². The second kappa shape index (κ2) is 6.75. The van der Waals surface area contributed by atoms with Gasteiger partial charge in [0.15, 0.2) is 5.82 Å². The third-order valence-corrected chi connectivity index (χ3v) is 4.18. The van der Waals surface area contributed by atoms with Crippen LogP contribution in [0.1, 0.15) is 55.8 Å². The third kappa shape index (κ3) is 3.59. The van der Waals surface area contributed by atoms with Gasteiger partial charge in [0.25, 0.3) is 0 Å². The molecule has 0 unspecified atom stereocenters. The molecule has 0 radical (unpaired) electrons. The first kappa shape index (κ1) is 14.1. The summed E-state index contributed by atoms with van der Waals surface area (Å²) in [6, 6.07) is 0.413. The molecule has 0 atom stereocenters. The molecule has 1 heterocycles. The van der Waals surface area contributed by atoms with Crippen LogP contribution in [0.4, 0.5) is 10.8 Å². The van der Waals surface area contributed by atoms with Gasteiger partial charge in [-0.1, -0.05) is 25.7 Å². The first-order chi connectivity index (χ1) is 9.22. The highest BCUT2D eigenvalue weighted by Gasteiger charge is 2.22. The summed E-state index contributed by atoms with van der Waals surface area (Å²) in [5, 5.41) is 4.18. The predicted octanol–water partition coefficient (Wildman–Crippen LogP) is 3.04.